The topological polar surface area (TPSA) is 27.0 Å². The van der Waals surface area contributed by atoms with Crippen molar-refractivity contribution in [1.82, 2.24) is 0 Å². The van der Waals surface area contributed by atoms with Crippen molar-refractivity contribution in [2.45, 2.75) is 39.2 Å². The fourth-order valence-electron chi connectivity index (χ4n) is 2.03. The van der Waals surface area contributed by atoms with Gasteiger partial charge in [0.25, 0.3) is 0 Å². The lowest BCUT2D eigenvalue weighted by Crippen LogP contribution is -2.27. The van der Waals surface area contributed by atoms with Crippen LogP contribution in [0.2, 0.25) is 0 Å². The molecule has 1 aromatic rings. The Kier molecular flexibility index (Phi) is 3.68. The normalized spacial score (nSPS) is 14.7. The van der Waals surface area contributed by atoms with E-state index in [1.165, 1.54) is 24.9 Å². The minimum atomic E-state index is 0.738. The van der Waals surface area contributed by atoms with E-state index in [9.17, 15) is 0 Å². The van der Waals surface area contributed by atoms with Gasteiger partial charge in [0.15, 0.2) is 0 Å². The average Bonchev–Trinajstić information content (AvgIpc) is 3.14. The van der Waals surface area contributed by atoms with Crippen molar-refractivity contribution in [3.8, 4) is 6.07 Å². The first-order valence-electron chi connectivity index (χ1n) is 6.47. The van der Waals surface area contributed by atoms with Crippen LogP contribution < -0.4 is 4.90 Å². The number of nitrogens with zero attached hydrogens (tertiary/aromatic N) is 2. The highest BCUT2D eigenvalue weighted by Gasteiger charge is 2.28. The molecule has 0 unspecified atom stereocenters. The van der Waals surface area contributed by atoms with Crippen molar-refractivity contribution in [2.24, 2.45) is 5.92 Å². The second kappa shape index (κ2) is 5.23. The van der Waals surface area contributed by atoms with Gasteiger partial charge in [0.05, 0.1) is 11.6 Å². The van der Waals surface area contributed by atoms with Crippen LogP contribution in [0.4, 0.5) is 5.69 Å². The van der Waals surface area contributed by atoms with Gasteiger partial charge in [0.2, 0.25) is 0 Å². The van der Waals surface area contributed by atoms with Crippen LogP contribution in [0.15, 0.2) is 24.3 Å². The van der Waals surface area contributed by atoms with Gasteiger partial charge in [-0.1, -0.05) is 13.8 Å². The highest BCUT2D eigenvalue weighted by Crippen LogP contribution is 2.32. The second-order valence-electron chi connectivity index (χ2n) is 5.27. The maximum absolute atomic E-state index is 8.80. The molecule has 1 aliphatic rings. The lowest BCUT2D eigenvalue weighted by molar-refractivity contribution is 0.571. The van der Waals surface area contributed by atoms with Crippen LogP contribution >= 0.6 is 0 Å². The summed E-state index contributed by atoms with van der Waals surface area (Å²) in [7, 11) is 0. The Morgan fingerprint density at radius 3 is 2.41 bits per heavy atom. The molecule has 0 N–H and O–H groups in total. The Balaban J connectivity index is 2.06. The van der Waals surface area contributed by atoms with E-state index in [0.717, 1.165) is 24.1 Å². The summed E-state index contributed by atoms with van der Waals surface area (Å²) in [6.07, 6.45) is 3.87. The van der Waals surface area contributed by atoms with Crippen LogP contribution in [0.1, 0.15) is 38.7 Å². The first-order valence-corrected chi connectivity index (χ1v) is 6.47. The summed E-state index contributed by atoms with van der Waals surface area (Å²) in [6.45, 7) is 5.67. The van der Waals surface area contributed by atoms with Gasteiger partial charge in [-0.15, -0.1) is 0 Å². The molecule has 1 aliphatic carbocycles. The Morgan fingerprint density at radius 2 is 1.94 bits per heavy atom. The van der Waals surface area contributed by atoms with Gasteiger partial charge in [-0.25, -0.2) is 0 Å². The van der Waals surface area contributed by atoms with Gasteiger partial charge in [0, 0.05) is 18.3 Å². The van der Waals surface area contributed by atoms with Crippen molar-refractivity contribution >= 4 is 5.69 Å². The molecule has 1 fully saturated rings. The first kappa shape index (κ1) is 12.0. The van der Waals surface area contributed by atoms with E-state index in [2.05, 4.69) is 36.9 Å². The molecule has 2 nitrogen and oxygen atoms in total. The fourth-order valence-corrected chi connectivity index (χ4v) is 2.03. The molecule has 2 rings (SSSR count). The van der Waals surface area contributed by atoms with E-state index in [1.54, 1.807) is 0 Å². The zero-order valence-corrected chi connectivity index (χ0v) is 10.7. The van der Waals surface area contributed by atoms with Gasteiger partial charge in [-0.2, -0.15) is 5.26 Å². The van der Waals surface area contributed by atoms with Crippen molar-refractivity contribution in [2.75, 3.05) is 11.4 Å². The molecule has 1 saturated carbocycles. The van der Waals surface area contributed by atoms with Gasteiger partial charge in [0.1, 0.15) is 0 Å². The molecule has 0 aromatic heterocycles. The van der Waals surface area contributed by atoms with Crippen LogP contribution in [0.5, 0.6) is 0 Å². The van der Waals surface area contributed by atoms with E-state index in [4.69, 9.17) is 5.26 Å². The predicted molar refractivity (Wildman–Crippen MR) is 71.0 cm³/mol. The van der Waals surface area contributed by atoms with Gasteiger partial charge >= 0.3 is 0 Å². The number of rotatable bonds is 5. The van der Waals surface area contributed by atoms with E-state index in [0.29, 0.717) is 0 Å². The summed E-state index contributed by atoms with van der Waals surface area (Å²) >= 11 is 0. The van der Waals surface area contributed by atoms with Crippen LogP contribution in [0.3, 0.4) is 0 Å². The Bertz CT molecular complexity index is 396. The molecule has 0 radical (unpaired) electrons. The third kappa shape index (κ3) is 3.23. The summed E-state index contributed by atoms with van der Waals surface area (Å²) in [6, 6.07) is 10.9. The number of hydrogen-bond donors (Lipinski definition) is 0. The molecule has 0 heterocycles. The Labute approximate surface area is 104 Å². The van der Waals surface area contributed by atoms with E-state index in [1.807, 2.05) is 12.1 Å². The summed E-state index contributed by atoms with van der Waals surface area (Å²) < 4.78 is 0. The largest absolute Gasteiger partial charge is 0.369 e. The molecule has 0 bridgehead atoms. The minimum Gasteiger partial charge on any atom is -0.369 e. The quantitative estimate of drug-likeness (QED) is 0.770. The Hall–Kier alpha value is -1.49. The lowest BCUT2D eigenvalue weighted by Gasteiger charge is -2.25. The standard InChI is InChI=1S/C15H20N2/c1-12(2)9-10-17(15-7-8-15)14-5-3-13(11-16)4-6-14/h3-6,12,15H,7-10H2,1-2H3. The summed E-state index contributed by atoms with van der Waals surface area (Å²) in [5.41, 5.74) is 2.01. The van der Waals surface area contributed by atoms with E-state index < -0.39 is 0 Å². The molecule has 0 aliphatic heterocycles. The number of anilines is 1. The molecule has 1 aromatic carbocycles. The predicted octanol–water partition coefficient (Wildman–Crippen LogP) is 3.57. The summed E-state index contributed by atoms with van der Waals surface area (Å²) in [5.74, 6) is 0.745. The molecule has 0 spiro atoms. The monoisotopic (exact) mass is 228 g/mol. The maximum Gasteiger partial charge on any atom is 0.0991 e. The Morgan fingerprint density at radius 1 is 1.29 bits per heavy atom. The highest BCUT2D eigenvalue weighted by molar-refractivity contribution is 5.51. The third-order valence-corrected chi connectivity index (χ3v) is 3.26. The third-order valence-electron chi connectivity index (χ3n) is 3.26. The van der Waals surface area contributed by atoms with Crippen LogP contribution in [0.25, 0.3) is 0 Å². The lowest BCUT2D eigenvalue weighted by atomic mass is 10.1. The van der Waals surface area contributed by atoms with Gasteiger partial charge in [-0.3, -0.25) is 0 Å². The van der Waals surface area contributed by atoms with E-state index >= 15 is 0 Å². The second-order valence-corrected chi connectivity index (χ2v) is 5.27. The van der Waals surface area contributed by atoms with Crippen molar-refractivity contribution in [3.63, 3.8) is 0 Å². The zero-order chi connectivity index (χ0) is 12.3. The van der Waals surface area contributed by atoms with Crippen molar-refractivity contribution < 1.29 is 0 Å². The molecular weight excluding hydrogens is 208 g/mol. The first-order chi connectivity index (χ1) is 8.20. The SMILES string of the molecule is CC(C)CCN(c1ccc(C#N)cc1)C1CC1. The molecule has 0 amide bonds. The number of hydrogen-bond acceptors (Lipinski definition) is 2. The number of nitriles is 1. The maximum atomic E-state index is 8.80. The van der Waals surface area contributed by atoms with Gasteiger partial charge < -0.3 is 4.90 Å². The zero-order valence-electron chi connectivity index (χ0n) is 10.7. The van der Waals surface area contributed by atoms with Gasteiger partial charge in [-0.05, 0) is 49.4 Å². The fraction of sp³-hybridized carbons (Fsp3) is 0.533. The summed E-state index contributed by atoms with van der Waals surface area (Å²) in [5, 5.41) is 8.80. The number of benzene rings is 1. The average molecular weight is 228 g/mol. The van der Waals surface area contributed by atoms with Crippen LogP contribution in [0, 0.1) is 17.2 Å². The minimum absolute atomic E-state index is 0.738. The molecule has 0 atom stereocenters. The molecular formula is C15H20N2. The molecule has 0 saturated heterocycles. The summed E-state index contributed by atoms with van der Waals surface area (Å²) in [4.78, 5) is 2.50. The van der Waals surface area contributed by atoms with Crippen molar-refractivity contribution in [3.05, 3.63) is 29.8 Å². The molecule has 90 valence electrons. The van der Waals surface area contributed by atoms with Crippen LogP contribution in [-0.2, 0) is 0 Å². The van der Waals surface area contributed by atoms with Crippen molar-refractivity contribution in [1.29, 1.82) is 5.26 Å². The molecule has 2 heteroatoms. The molecule has 17 heavy (non-hydrogen) atoms. The highest BCUT2D eigenvalue weighted by atomic mass is 15.2. The van der Waals surface area contributed by atoms with E-state index in [-0.39, 0.29) is 0 Å². The smallest absolute Gasteiger partial charge is 0.0991 e. The van der Waals surface area contributed by atoms with Crippen LogP contribution in [-0.4, -0.2) is 12.6 Å².